The van der Waals surface area contributed by atoms with E-state index in [0.717, 1.165) is 19.3 Å². The number of likely N-dealkylation sites (N-methyl/N-ethyl adjacent to an activating group) is 1. The van der Waals surface area contributed by atoms with Gasteiger partial charge in [-0.3, -0.25) is 4.90 Å². The van der Waals surface area contributed by atoms with Crippen molar-refractivity contribution in [2.24, 2.45) is 0 Å². The monoisotopic (exact) mass is 315 g/mol. The summed E-state index contributed by atoms with van der Waals surface area (Å²) >= 11 is 0. The molecule has 4 nitrogen and oxygen atoms in total. The van der Waals surface area contributed by atoms with Crippen molar-refractivity contribution in [3.05, 3.63) is 48.0 Å². The zero-order chi connectivity index (χ0) is 16.6. The van der Waals surface area contributed by atoms with Crippen LogP contribution in [0.2, 0.25) is 0 Å². The maximum Gasteiger partial charge on any atom is 0.347 e. The molecular formula is C19H25NO3. The van der Waals surface area contributed by atoms with Crippen molar-refractivity contribution in [3.8, 4) is 0 Å². The highest BCUT2D eigenvalue weighted by atomic mass is 16.6. The van der Waals surface area contributed by atoms with E-state index in [1.54, 1.807) is 31.2 Å². The molecule has 3 rings (SSSR count). The van der Waals surface area contributed by atoms with Crippen LogP contribution in [0.5, 0.6) is 0 Å². The summed E-state index contributed by atoms with van der Waals surface area (Å²) in [5, 5.41) is 11.0. The van der Waals surface area contributed by atoms with Crippen LogP contribution in [0, 0.1) is 0 Å². The molecule has 2 heterocycles. The first kappa shape index (κ1) is 16.2. The second-order valence-electron chi connectivity index (χ2n) is 6.84. The van der Waals surface area contributed by atoms with Crippen LogP contribution in [-0.4, -0.2) is 41.2 Å². The van der Waals surface area contributed by atoms with Crippen molar-refractivity contribution >= 4 is 5.97 Å². The third-order valence-corrected chi connectivity index (χ3v) is 5.47. The lowest BCUT2D eigenvalue weighted by atomic mass is 9.87. The molecule has 4 unspecified atom stereocenters. The van der Waals surface area contributed by atoms with Crippen LogP contribution in [-0.2, 0) is 15.1 Å². The van der Waals surface area contributed by atoms with Gasteiger partial charge in [0.05, 0.1) is 0 Å². The largest absolute Gasteiger partial charge is 0.458 e. The van der Waals surface area contributed by atoms with Gasteiger partial charge in [0.15, 0.2) is 0 Å². The molecule has 2 aliphatic heterocycles. The van der Waals surface area contributed by atoms with E-state index < -0.39 is 11.6 Å². The van der Waals surface area contributed by atoms with Gasteiger partial charge >= 0.3 is 5.97 Å². The number of benzene rings is 1. The molecule has 0 aliphatic carbocycles. The van der Waals surface area contributed by atoms with Crippen molar-refractivity contribution in [3.63, 3.8) is 0 Å². The average Bonchev–Trinajstić information content (AvgIpc) is 2.78. The van der Waals surface area contributed by atoms with E-state index in [9.17, 15) is 9.90 Å². The summed E-state index contributed by atoms with van der Waals surface area (Å²) in [4.78, 5) is 15.1. The number of hydrogen-bond donors (Lipinski definition) is 1. The maximum absolute atomic E-state index is 12.8. The lowest BCUT2D eigenvalue weighted by molar-refractivity contribution is -0.173. The Bertz CT molecular complexity index is 600. The Labute approximate surface area is 137 Å². The van der Waals surface area contributed by atoms with Crippen LogP contribution in [0.4, 0.5) is 0 Å². The first-order valence-corrected chi connectivity index (χ1v) is 8.31. The van der Waals surface area contributed by atoms with Gasteiger partial charge in [-0.2, -0.15) is 0 Å². The van der Waals surface area contributed by atoms with Crippen LogP contribution in [0.3, 0.4) is 0 Å². The van der Waals surface area contributed by atoms with Crippen LogP contribution in [0.1, 0.15) is 38.2 Å². The normalized spacial score (nSPS) is 29.8. The maximum atomic E-state index is 12.8. The molecule has 2 bridgehead atoms. The van der Waals surface area contributed by atoms with E-state index in [-0.39, 0.29) is 12.1 Å². The molecule has 2 saturated heterocycles. The summed E-state index contributed by atoms with van der Waals surface area (Å²) < 4.78 is 5.78. The Morgan fingerprint density at radius 1 is 1.26 bits per heavy atom. The van der Waals surface area contributed by atoms with E-state index in [0.29, 0.717) is 17.2 Å². The molecule has 2 aliphatic rings. The molecule has 0 spiro atoms. The SMILES string of the molecule is C=C(C)C(O)(C(=O)OC1CCC2CCC1N2C)c1ccccc1. The fourth-order valence-electron chi connectivity index (χ4n) is 3.96. The Kier molecular flexibility index (Phi) is 4.30. The van der Waals surface area contributed by atoms with Gasteiger partial charge < -0.3 is 9.84 Å². The highest BCUT2D eigenvalue weighted by Gasteiger charge is 2.46. The number of nitrogens with zero attached hydrogens (tertiary/aromatic N) is 1. The minimum Gasteiger partial charge on any atom is -0.458 e. The zero-order valence-electron chi connectivity index (χ0n) is 13.9. The standard InChI is InChI=1S/C19H25NO3/c1-13(2)19(22,14-7-5-4-6-8-14)18(21)23-17-12-10-15-9-11-16(17)20(15)3/h4-8,15-17,22H,1,9-12H2,2-3H3. The summed E-state index contributed by atoms with van der Waals surface area (Å²) in [5.41, 5.74) is -0.900. The number of carbonyl (C=O) groups is 1. The lowest BCUT2D eigenvalue weighted by Gasteiger charge is -2.38. The number of carbonyl (C=O) groups excluding carboxylic acids is 1. The summed E-state index contributed by atoms with van der Waals surface area (Å²) in [5.74, 6) is -0.611. The molecule has 4 atom stereocenters. The summed E-state index contributed by atoms with van der Waals surface area (Å²) in [6.45, 7) is 5.48. The molecule has 23 heavy (non-hydrogen) atoms. The van der Waals surface area contributed by atoms with Gasteiger partial charge in [-0.25, -0.2) is 4.79 Å². The molecule has 2 fully saturated rings. The van der Waals surface area contributed by atoms with Crippen LogP contribution < -0.4 is 0 Å². The smallest absolute Gasteiger partial charge is 0.347 e. The van der Waals surface area contributed by atoms with Gasteiger partial charge in [0, 0.05) is 12.1 Å². The minimum atomic E-state index is -1.78. The molecule has 1 aromatic rings. The lowest BCUT2D eigenvalue weighted by Crippen LogP contribution is -2.49. The highest BCUT2D eigenvalue weighted by Crippen LogP contribution is 2.37. The Balaban J connectivity index is 1.81. The quantitative estimate of drug-likeness (QED) is 0.685. The Hall–Kier alpha value is -1.65. The zero-order valence-corrected chi connectivity index (χ0v) is 13.9. The number of fused-ring (bicyclic) bond motifs is 2. The van der Waals surface area contributed by atoms with Gasteiger partial charge in [0.25, 0.3) is 0 Å². The van der Waals surface area contributed by atoms with Crippen LogP contribution in [0.15, 0.2) is 42.5 Å². The number of aliphatic hydroxyl groups is 1. The minimum absolute atomic E-state index is 0.152. The van der Waals surface area contributed by atoms with Crippen molar-refractivity contribution < 1.29 is 14.6 Å². The molecule has 1 N–H and O–H groups in total. The molecule has 124 valence electrons. The average molecular weight is 315 g/mol. The fourth-order valence-corrected chi connectivity index (χ4v) is 3.96. The van der Waals surface area contributed by atoms with Crippen LogP contribution in [0.25, 0.3) is 0 Å². The number of piperidine rings is 1. The summed E-state index contributed by atoms with van der Waals surface area (Å²) in [6, 6.07) is 9.79. The molecule has 0 saturated carbocycles. The fraction of sp³-hybridized carbons (Fsp3) is 0.526. The van der Waals surface area contributed by atoms with Gasteiger partial charge in [0.2, 0.25) is 5.60 Å². The summed E-state index contributed by atoms with van der Waals surface area (Å²) in [6.07, 6.45) is 3.98. The van der Waals surface area contributed by atoms with E-state index in [4.69, 9.17) is 4.74 Å². The summed E-state index contributed by atoms with van der Waals surface area (Å²) in [7, 11) is 2.10. The topological polar surface area (TPSA) is 49.8 Å². The molecule has 0 radical (unpaired) electrons. The second-order valence-corrected chi connectivity index (χ2v) is 6.84. The van der Waals surface area contributed by atoms with Crippen molar-refractivity contribution in [1.82, 2.24) is 4.90 Å². The third-order valence-electron chi connectivity index (χ3n) is 5.47. The van der Waals surface area contributed by atoms with Gasteiger partial charge in [-0.15, -0.1) is 0 Å². The van der Waals surface area contributed by atoms with Crippen LogP contribution >= 0.6 is 0 Å². The van der Waals surface area contributed by atoms with Crippen molar-refractivity contribution in [2.75, 3.05) is 7.05 Å². The number of hydrogen-bond acceptors (Lipinski definition) is 4. The third kappa shape index (κ3) is 2.70. The Morgan fingerprint density at radius 3 is 2.57 bits per heavy atom. The van der Waals surface area contributed by atoms with Gasteiger partial charge in [-0.1, -0.05) is 36.9 Å². The number of ether oxygens (including phenoxy) is 1. The number of rotatable bonds is 4. The second kappa shape index (κ2) is 6.10. The highest BCUT2D eigenvalue weighted by molar-refractivity contribution is 5.85. The van der Waals surface area contributed by atoms with E-state index in [1.165, 1.54) is 6.42 Å². The molecule has 0 amide bonds. The predicted molar refractivity (Wildman–Crippen MR) is 88.8 cm³/mol. The number of esters is 1. The molecule has 1 aromatic carbocycles. The first-order chi connectivity index (χ1) is 10.9. The Morgan fingerprint density at radius 2 is 1.91 bits per heavy atom. The molecular weight excluding hydrogens is 290 g/mol. The van der Waals surface area contributed by atoms with E-state index in [2.05, 4.69) is 18.5 Å². The van der Waals surface area contributed by atoms with E-state index >= 15 is 0 Å². The first-order valence-electron chi connectivity index (χ1n) is 8.31. The van der Waals surface area contributed by atoms with Gasteiger partial charge in [-0.05, 0) is 50.8 Å². The molecule has 4 heteroatoms. The van der Waals surface area contributed by atoms with Gasteiger partial charge in [0.1, 0.15) is 6.10 Å². The van der Waals surface area contributed by atoms with E-state index in [1.807, 2.05) is 6.07 Å². The van der Waals surface area contributed by atoms with Crippen molar-refractivity contribution in [1.29, 1.82) is 0 Å². The molecule has 0 aromatic heterocycles. The predicted octanol–water partition coefficient (Wildman–Crippen LogP) is 2.62. The van der Waals surface area contributed by atoms with Crippen molar-refractivity contribution in [2.45, 2.75) is 56.4 Å².